The van der Waals surface area contributed by atoms with Crippen molar-refractivity contribution in [1.29, 1.82) is 5.26 Å². The van der Waals surface area contributed by atoms with Crippen LogP contribution in [0.2, 0.25) is 0 Å². The molecule has 1 amide bonds. The van der Waals surface area contributed by atoms with Crippen molar-refractivity contribution in [1.82, 2.24) is 14.8 Å². The molecule has 0 bridgehead atoms. The Labute approximate surface area is 159 Å². The zero-order valence-corrected chi connectivity index (χ0v) is 15.9. The van der Waals surface area contributed by atoms with E-state index in [9.17, 15) is 14.4 Å². The number of nitriles is 1. The fraction of sp³-hybridized carbons (Fsp3) is 0.650. The lowest BCUT2D eigenvalue weighted by Crippen LogP contribution is -2.44. The van der Waals surface area contributed by atoms with Gasteiger partial charge >= 0.3 is 6.09 Å². The summed E-state index contributed by atoms with van der Waals surface area (Å²) in [6.07, 6.45) is 5.17. The minimum atomic E-state index is -0.618. The monoisotopic (exact) mass is 374 g/mol. The molecule has 2 aliphatic rings. The van der Waals surface area contributed by atoms with E-state index in [1.807, 2.05) is 6.92 Å². The van der Waals surface area contributed by atoms with E-state index >= 15 is 0 Å². The first-order valence-electron chi connectivity index (χ1n) is 9.77. The number of rotatable bonds is 3. The highest BCUT2D eigenvalue weighted by Gasteiger charge is 2.40. The van der Waals surface area contributed by atoms with Crippen molar-refractivity contribution in [2.45, 2.75) is 50.5 Å². The van der Waals surface area contributed by atoms with Crippen LogP contribution in [0.3, 0.4) is 0 Å². The van der Waals surface area contributed by atoms with Crippen LogP contribution in [0, 0.1) is 17.1 Å². The van der Waals surface area contributed by atoms with Crippen LogP contribution < -0.4 is 0 Å². The molecule has 0 aromatic carbocycles. The van der Waals surface area contributed by atoms with Crippen molar-refractivity contribution >= 4 is 6.09 Å². The first-order chi connectivity index (χ1) is 13.1. The van der Waals surface area contributed by atoms with Gasteiger partial charge in [0.1, 0.15) is 5.82 Å². The maximum Gasteiger partial charge on any atom is 0.409 e. The SMILES string of the molecule is CCOC(=O)N1CCCN(C2CCC(C#N)(c3ccc(F)cn3)CC2)CC1. The Balaban J connectivity index is 1.59. The molecule has 6 nitrogen and oxygen atoms in total. The molecule has 1 aliphatic heterocycles. The molecule has 0 unspecified atom stereocenters. The molecule has 0 spiro atoms. The minimum Gasteiger partial charge on any atom is -0.450 e. The molecule has 146 valence electrons. The van der Waals surface area contributed by atoms with Gasteiger partial charge in [0.2, 0.25) is 0 Å². The third-order valence-electron chi connectivity index (χ3n) is 5.81. The van der Waals surface area contributed by atoms with Gasteiger partial charge in [0.05, 0.1) is 30.0 Å². The van der Waals surface area contributed by atoms with Crippen molar-refractivity contribution in [3.63, 3.8) is 0 Å². The van der Waals surface area contributed by atoms with Crippen molar-refractivity contribution in [3.05, 3.63) is 29.8 Å². The van der Waals surface area contributed by atoms with Gasteiger partial charge in [0.15, 0.2) is 0 Å². The summed E-state index contributed by atoms with van der Waals surface area (Å²) in [5.41, 5.74) is 0.0571. The predicted octanol–water partition coefficient (Wildman–Crippen LogP) is 3.09. The second-order valence-electron chi connectivity index (χ2n) is 7.36. The van der Waals surface area contributed by atoms with Gasteiger partial charge in [-0.25, -0.2) is 9.18 Å². The highest BCUT2D eigenvalue weighted by atomic mass is 19.1. The van der Waals surface area contributed by atoms with Crippen molar-refractivity contribution in [2.75, 3.05) is 32.8 Å². The van der Waals surface area contributed by atoms with Gasteiger partial charge in [-0.05, 0) is 51.2 Å². The van der Waals surface area contributed by atoms with Gasteiger partial charge in [-0.3, -0.25) is 9.88 Å². The molecular formula is C20H27FN4O2. The van der Waals surface area contributed by atoms with Crippen molar-refractivity contribution in [3.8, 4) is 6.07 Å². The summed E-state index contributed by atoms with van der Waals surface area (Å²) in [7, 11) is 0. The van der Waals surface area contributed by atoms with Crippen LogP contribution in [-0.4, -0.2) is 59.7 Å². The number of carbonyl (C=O) groups excluding carboxylic acids is 1. The van der Waals surface area contributed by atoms with E-state index in [-0.39, 0.29) is 11.9 Å². The third-order valence-corrected chi connectivity index (χ3v) is 5.81. The normalized spacial score (nSPS) is 26.9. The van der Waals surface area contributed by atoms with Gasteiger partial charge in [0.25, 0.3) is 0 Å². The number of aromatic nitrogens is 1. The minimum absolute atomic E-state index is 0.228. The lowest BCUT2D eigenvalue weighted by Gasteiger charge is -2.39. The molecule has 2 heterocycles. The number of hydrogen-bond acceptors (Lipinski definition) is 5. The first-order valence-corrected chi connectivity index (χ1v) is 9.77. The van der Waals surface area contributed by atoms with Crippen LogP contribution in [0.4, 0.5) is 9.18 Å². The molecular weight excluding hydrogens is 347 g/mol. The van der Waals surface area contributed by atoms with Crippen LogP contribution in [0.1, 0.15) is 44.7 Å². The standard InChI is InChI=1S/C20H27FN4O2/c1-2-27-19(26)25-11-3-10-24(12-13-25)17-6-8-20(15-22,9-7-17)18-5-4-16(21)14-23-18/h4-5,14,17H,2-3,6-13H2,1H3. The largest absolute Gasteiger partial charge is 0.450 e. The molecule has 0 radical (unpaired) electrons. The predicted molar refractivity (Wildman–Crippen MR) is 98.5 cm³/mol. The maximum absolute atomic E-state index is 13.2. The highest BCUT2D eigenvalue weighted by molar-refractivity contribution is 5.67. The molecule has 7 heteroatoms. The molecule has 0 atom stereocenters. The van der Waals surface area contributed by atoms with Crippen molar-refractivity contribution < 1.29 is 13.9 Å². The Hall–Kier alpha value is -2.20. The van der Waals surface area contributed by atoms with E-state index in [0.717, 1.165) is 51.7 Å². The number of halogens is 1. The van der Waals surface area contributed by atoms with Crippen LogP contribution in [0.25, 0.3) is 0 Å². The van der Waals surface area contributed by atoms with Crippen LogP contribution >= 0.6 is 0 Å². The number of hydrogen-bond donors (Lipinski definition) is 0. The van der Waals surface area contributed by atoms with Gasteiger partial charge in [-0.2, -0.15) is 5.26 Å². The van der Waals surface area contributed by atoms with Crippen LogP contribution in [0.15, 0.2) is 18.3 Å². The summed E-state index contributed by atoms with van der Waals surface area (Å²) in [6, 6.07) is 5.89. The fourth-order valence-corrected chi connectivity index (χ4v) is 4.24. The Bertz CT molecular complexity index is 680. The molecule has 0 N–H and O–H groups in total. The maximum atomic E-state index is 13.2. The molecule has 1 aromatic rings. The molecule has 1 aliphatic carbocycles. The van der Waals surface area contributed by atoms with E-state index < -0.39 is 5.41 Å². The van der Waals surface area contributed by atoms with E-state index in [4.69, 9.17) is 4.74 Å². The molecule has 27 heavy (non-hydrogen) atoms. The van der Waals surface area contributed by atoms with Crippen molar-refractivity contribution in [2.24, 2.45) is 0 Å². The highest BCUT2D eigenvalue weighted by Crippen LogP contribution is 2.39. The Morgan fingerprint density at radius 1 is 1.33 bits per heavy atom. The summed E-state index contributed by atoms with van der Waals surface area (Å²) in [6.45, 7) is 5.41. The topological polar surface area (TPSA) is 69.5 Å². The molecule has 1 saturated heterocycles. The number of amides is 1. The second kappa shape index (κ2) is 8.66. The summed E-state index contributed by atoms with van der Waals surface area (Å²) in [5.74, 6) is -0.378. The number of carbonyl (C=O) groups is 1. The molecule has 1 saturated carbocycles. The number of ether oxygens (including phenoxy) is 1. The molecule has 1 aromatic heterocycles. The van der Waals surface area contributed by atoms with Gasteiger partial charge in [-0.15, -0.1) is 0 Å². The molecule has 2 fully saturated rings. The van der Waals surface area contributed by atoms with E-state index in [0.29, 0.717) is 24.9 Å². The summed E-state index contributed by atoms with van der Waals surface area (Å²) in [5, 5.41) is 9.80. The average Bonchev–Trinajstić information content (AvgIpc) is 2.95. The van der Waals surface area contributed by atoms with Gasteiger partial charge < -0.3 is 9.64 Å². The Morgan fingerprint density at radius 2 is 2.11 bits per heavy atom. The summed E-state index contributed by atoms with van der Waals surface area (Å²) >= 11 is 0. The summed E-state index contributed by atoms with van der Waals surface area (Å²) in [4.78, 5) is 20.4. The fourth-order valence-electron chi connectivity index (χ4n) is 4.24. The van der Waals surface area contributed by atoms with E-state index in [2.05, 4.69) is 16.0 Å². The Morgan fingerprint density at radius 3 is 2.74 bits per heavy atom. The number of nitrogens with zero attached hydrogens (tertiary/aromatic N) is 4. The molecule has 3 rings (SSSR count). The van der Waals surface area contributed by atoms with Crippen LogP contribution in [0.5, 0.6) is 0 Å². The lowest BCUT2D eigenvalue weighted by molar-refractivity contribution is 0.104. The zero-order chi connectivity index (χ0) is 19.3. The summed E-state index contributed by atoms with van der Waals surface area (Å²) < 4.78 is 18.3. The van der Waals surface area contributed by atoms with Crippen LogP contribution in [-0.2, 0) is 10.2 Å². The van der Waals surface area contributed by atoms with Gasteiger partial charge in [-0.1, -0.05) is 0 Å². The smallest absolute Gasteiger partial charge is 0.409 e. The zero-order valence-electron chi connectivity index (χ0n) is 15.9. The lowest BCUT2D eigenvalue weighted by atomic mass is 9.71. The second-order valence-corrected chi connectivity index (χ2v) is 7.36. The Kier molecular flexibility index (Phi) is 6.27. The van der Waals surface area contributed by atoms with E-state index in [1.54, 1.807) is 11.0 Å². The van der Waals surface area contributed by atoms with Gasteiger partial charge in [0, 0.05) is 32.2 Å². The van der Waals surface area contributed by atoms with E-state index in [1.165, 1.54) is 12.3 Å². The quantitative estimate of drug-likeness (QED) is 0.813. The average molecular weight is 374 g/mol. The third kappa shape index (κ3) is 4.38. The first kappa shape index (κ1) is 19.6. The number of pyridine rings is 1.